The summed E-state index contributed by atoms with van der Waals surface area (Å²) in [5, 5.41) is 2.81. The molecule has 1 amide bonds. The molecule has 4 nitrogen and oxygen atoms in total. The van der Waals surface area contributed by atoms with Gasteiger partial charge < -0.3 is 14.8 Å². The summed E-state index contributed by atoms with van der Waals surface area (Å²) < 4.78 is 23.7. The number of alkyl carbamates (subject to hydrolysis) is 1. The van der Waals surface area contributed by atoms with Gasteiger partial charge in [-0.05, 0) is 24.6 Å². The van der Waals surface area contributed by atoms with Gasteiger partial charge in [-0.1, -0.05) is 11.6 Å². The topological polar surface area (TPSA) is 47.6 Å². The molecular weight excluding hydrogens is 261 g/mol. The molecule has 1 N–H and O–H groups in total. The zero-order valence-electron chi connectivity index (χ0n) is 9.83. The normalized spacial score (nSPS) is 19.1. The maximum Gasteiger partial charge on any atom is 0.407 e. The van der Waals surface area contributed by atoms with Gasteiger partial charge in [0.25, 0.3) is 0 Å². The standard InChI is InChI=1S/C12H13ClFNO3/c1-2-17-11-8(13)5-7(6-9(11)14)10-3-4-18-12(16)15-10/h5-6,10H,2-4H2,1H3,(H,15,16)/t10-/m0/s1. The molecule has 2 rings (SSSR count). The monoisotopic (exact) mass is 273 g/mol. The molecular formula is C12H13ClFNO3. The summed E-state index contributed by atoms with van der Waals surface area (Å²) in [6.07, 6.45) is 0.0758. The maximum atomic E-state index is 13.8. The van der Waals surface area contributed by atoms with E-state index in [0.717, 1.165) is 0 Å². The molecule has 0 unspecified atom stereocenters. The lowest BCUT2D eigenvalue weighted by Gasteiger charge is -2.24. The van der Waals surface area contributed by atoms with Crippen LogP contribution < -0.4 is 10.1 Å². The molecule has 1 atom stereocenters. The van der Waals surface area contributed by atoms with E-state index < -0.39 is 11.9 Å². The molecule has 1 aromatic carbocycles. The second kappa shape index (κ2) is 5.44. The average Bonchev–Trinajstić information content (AvgIpc) is 2.33. The molecule has 0 saturated carbocycles. The molecule has 0 aromatic heterocycles. The van der Waals surface area contributed by atoms with Crippen molar-refractivity contribution in [1.82, 2.24) is 5.32 Å². The minimum absolute atomic E-state index is 0.0429. The molecule has 1 aliphatic rings. The van der Waals surface area contributed by atoms with Crippen molar-refractivity contribution in [1.29, 1.82) is 0 Å². The Morgan fingerprint density at radius 3 is 3.00 bits per heavy atom. The third-order valence-corrected chi connectivity index (χ3v) is 2.92. The number of carbonyl (C=O) groups excluding carboxylic acids is 1. The van der Waals surface area contributed by atoms with Crippen LogP contribution in [-0.2, 0) is 4.74 Å². The highest BCUT2D eigenvalue weighted by Gasteiger charge is 2.23. The van der Waals surface area contributed by atoms with E-state index in [1.807, 2.05) is 0 Å². The highest BCUT2D eigenvalue weighted by molar-refractivity contribution is 6.32. The maximum absolute atomic E-state index is 13.8. The largest absolute Gasteiger partial charge is 0.489 e. The summed E-state index contributed by atoms with van der Waals surface area (Å²) in [7, 11) is 0. The molecule has 0 spiro atoms. The molecule has 98 valence electrons. The molecule has 1 fully saturated rings. The third-order valence-electron chi connectivity index (χ3n) is 2.64. The highest BCUT2D eigenvalue weighted by atomic mass is 35.5. The molecule has 0 bridgehead atoms. The second-order valence-corrected chi connectivity index (χ2v) is 4.28. The fourth-order valence-corrected chi connectivity index (χ4v) is 2.11. The summed E-state index contributed by atoms with van der Waals surface area (Å²) in [6.45, 7) is 2.40. The quantitative estimate of drug-likeness (QED) is 0.921. The number of hydrogen-bond acceptors (Lipinski definition) is 3. The fourth-order valence-electron chi connectivity index (χ4n) is 1.84. The molecule has 18 heavy (non-hydrogen) atoms. The van der Waals surface area contributed by atoms with Crippen molar-refractivity contribution in [2.75, 3.05) is 13.2 Å². The molecule has 1 aliphatic heterocycles. The summed E-state index contributed by atoms with van der Waals surface area (Å²) in [5.74, 6) is -0.485. The average molecular weight is 274 g/mol. The summed E-state index contributed by atoms with van der Waals surface area (Å²) in [6, 6.07) is 2.65. The highest BCUT2D eigenvalue weighted by Crippen LogP contribution is 2.32. The Labute approximate surface area is 109 Å². The van der Waals surface area contributed by atoms with E-state index >= 15 is 0 Å². The van der Waals surface area contributed by atoms with Gasteiger partial charge >= 0.3 is 6.09 Å². The van der Waals surface area contributed by atoms with Crippen LogP contribution in [0.1, 0.15) is 24.9 Å². The SMILES string of the molecule is CCOc1c(F)cc([C@@H]2CCOC(=O)N2)cc1Cl. The second-order valence-electron chi connectivity index (χ2n) is 3.87. The van der Waals surface area contributed by atoms with Crippen LogP contribution >= 0.6 is 11.6 Å². The van der Waals surface area contributed by atoms with Gasteiger partial charge in [0.1, 0.15) is 0 Å². The summed E-state index contributed by atoms with van der Waals surface area (Å²) in [4.78, 5) is 11.1. The molecule has 6 heteroatoms. The van der Waals surface area contributed by atoms with Crippen molar-refractivity contribution in [2.45, 2.75) is 19.4 Å². The smallest absolute Gasteiger partial charge is 0.407 e. The Balaban J connectivity index is 2.26. The minimum atomic E-state index is -0.528. The number of halogens is 2. The van der Waals surface area contributed by atoms with Crippen LogP contribution in [0.15, 0.2) is 12.1 Å². The van der Waals surface area contributed by atoms with Crippen molar-refractivity contribution < 1.29 is 18.7 Å². The predicted molar refractivity (Wildman–Crippen MR) is 64.4 cm³/mol. The predicted octanol–water partition coefficient (Wildman–Crippen LogP) is 3.05. The van der Waals surface area contributed by atoms with Crippen LogP contribution in [0.5, 0.6) is 5.75 Å². The first-order valence-corrected chi connectivity index (χ1v) is 6.04. The number of rotatable bonds is 3. The van der Waals surface area contributed by atoms with Gasteiger partial charge in [0.05, 0.1) is 24.3 Å². The van der Waals surface area contributed by atoms with E-state index in [1.54, 1.807) is 13.0 Å². The Morgan fingerprint density at radius 1 is 1.61 bits per heavy atom. The van der Waals surface area contributed by atoms with Gasteiger partial charge in [0, 0.05) is 6.42 Å². The van der Waals surface area contributed by atoms with Crippen LogP contribution in [-0.4, -0.2) is 19.3 Å². The first kappa shape index (κ1) is 13.0. The van der Waals surface area contributed by atoms with E-state index in [4.69, 9.17) is 21.1 Å². The van der Waals surface area contributed by atoms with Gasteiger partial charge in [-0.25, -0.2) is 9.18 Å². The van der Waals surface area contributed by atoms with Gasteiger partial charge in [-0.2, -0.15) is 0 Å². The van der Waals surface area contributed by atoms with E-state index in [2.05, 4.69) is 5.32 Å². The lowest BCUT2D eigenvalue weighted by molar-refractivity contribution is 0.115. The van der Waals surface area contributed by atoms with E-state index in [0.29, 0.717) is 25.2 Å². The van der Waals surface area contributed by atoms with E-state index in [-0.39, 0.29) is 16.8 Å². The number of ether oxygens (including phenoxy) is 2. The molecule has 1 heterocycles. The molecule has 1 saturated heterocycles. The van der Waals surface area contributed by atoms with Gasteiger partial charge in [-0.3, -0.25) is 0 Å². The number of nitrogens with one attached hydrogen (secondary N) is 1. The van der Waals surface area contributed by atoms with Crippen LogP contribution in [0.4, 0.5) is 9.18 Å². The number of cyclic esters (lactones) is 1. The van der Waals surface area contributed by atoms with Gasteiger partial charge in [0.15, 0.2) is 11.6 Å². The minimum Gasteiger partial charge on any atom is -0.489 e. The van der Waals surface area contributed by atoms with Crippen molar-refractivity contribution in [3.8, 4) is 5.75 Å². The molecule has 0 aliphatic carbocycles. The van der Waals surface area contributed by atoms with E-state index in [9.17, 15) is 9.18 Å². The third kappa shape index (κ3) is 2.67. The van der Waals surface area contributed by atoms with Crippen LogP contribution in [0.2, 0.25) is 5.02 Å². The molecule has 0 radical (unpaired) electrons. The Hall–Kier alpha value is -1.49. The zero-order chi connectivity index (χ0) is 13.1. The van der Waals surface area contributed by atoms with E-state index in [1.165, 1.54) is 6.07 Å². The van der Waals surface area contributed by atoms with Crippen LogP contribution in [0, 0.1) is 5.82 Å². The van der Waals surface area contributed by atoms with Crippen molar-refractivity contribution >= 4 is 17.7 Å². The summed E-state index contributed by atoms with van der Waals surface area (Å²) >= 11 is 5.96. The number of hydrogen-bond donors (Lipinski definition) is 1. The fraction of sp³-hybridized carbons (Fsp3) is 0.417. The Kier molecular flexibility index (Phi) is 3.91. The number of benzene rings is 1. The number of amides is 1. The summed E-state index contributed by atoms with van der Waals surface area (Å²) in [5.41, 5.74) is 0.609. The lowest BCUT2D eigenvalue weighted by atomic mass is 10.0. The van der Waals surface area contributed by atoms with Crippen molar-refractivity contribution in [2.24, 2.45) is 0 Å². The van der Waals surface area contributed by atoms with Crippen LogP contribution in [0.3, 0.4) is 0 Å². The Morgan fingerprint density at radius 2 is 2.39 bits per heavy atom. The van der Waals surface area contributed by atoms with Gasteiger partial charge in [-0.15, -0.1) is 0 Å². The van der Waals surface area contributed by atoms with Gasteiger partial charge in [0.2, 0.25) is 0 Å². The Bertz CT molecular complexity index is 444. The van der Waals surface area contributed by atoms with Crippen LogP contribution in [0.25, 0.3) is 0 Å². The zero-order valence-corrected chi connectivity index (χ0v) is 10.6. The van der Waals surface area contributed by atoms with Crippen molar-refractivity contribution in [3.63, 3.8) is 0 Å². The lowest BCUT2D eigenvalue weighted by Crippen LogP contribution is -2.35. The first-order valence-electron chi connectivity index (χ1n) is 5.67. The number of carbonyl (C=O) groups is 1. The molecule has 1 aromatic rings. The van der Waals surface area contributed by atoms with Crippen molar-refractivity contribution in [3.05, 3.63) is 28.5 Å². The first-order chi connectivity index (χ1) is 8.61.